The van der Waals surface area contributed by atoms with Crippen LogP contribution in [0, 0.1) is 12.7 Å². The molecule has 3 atom stereocenters. The second-order valence-corrected chi connectivity index (χ2v) is 9.10. The zero-order chi connectivity index (χ0) is 23.5. The molecule has 3 aromatic heterocycles. The van der Waals surface area contributed by atoms with Gasteiger partial charge in [-0.25, -0.2) is 19.3 Å². The van der Waals surface area contributed by atoms with Crippen LogP contribution >= 0.6 is 11.6 Å². The Morgan fingerprint density at radius 3 is 2.79 bits per heavy atom. The molecule has 1 aliphatic carbocycles. The highest BCUT2D eigenvalue weighted by Gasteiger charge is 2.45. The summed E-state index contributed by atoms with van der Waals surface area (Å²) in [5.74, 6) is -0.290. The first-order valence-electron chi connectivity index (χ1n) is 10.6. The van der Waals surface area contributed by atoms with Gasteiger partial charge in [-0.1, -0.05) is 17.7 Å². The Morgan fingerprint density at radius 1 is 1.21 bits per heavy atom. The van der Waals surface area contributed by atoms with E-state index in [2.05, 4.69) is 15.0 Å². The Balaban J connectivity index is 1.45. The van der Waals surface area contributed by atoms with E-state index >= 15 is 0 Å². The van der Waals surface area contributed by atoms with Crippen LogP contribution in [0.1, 0.15) is 30.6 Å². The Kier molecular flexibility index (Phi) is 5.12. The van der Waals surface area contributed by atoms with Gasteiger partial charge in [-0.2, -0.15) is 0 Å². The molecule has 2 unspecified atom stereocenters. The van der Waals surface area contributed by atoms with Crippen molar-refractivity contribution in [3.05, 3.63) is 70.5 Å². The number of hydrogen-bond donors (Lipinski definition) is 3. The molecule has 33 heavy (non-hydrogen) atoms. The standard InChI is InChI=1S/C24H23ClFN5O2/c1-12-15-5-6-31(23(15)29-11-28-12)20-9-14(24(2,33)21(20)32)4-3-13-7-18(26)16-10-17(25)22(27)30-19(16)8-13/h5-11,20-21,32-33H,3-4H2,1-2H3,(H2,27,30)/t20?,21-,24?/m1/s1. The van der Waals surface area contributed by atoms with Crippen molar-refractivity contribution in [3.63, 3.8) is 0 Å². The molecule has 9 heteroatoms. The molecule has 7 nitrogen and oxygen atoms in total. The van der Waals surface area contributed by atoms with Crippen molar-refractivity contribution in [2.24, 2.45) is 0 Å². The van der Waals surface area contributed by atoms with Gasteiger partial charge in [-0.3, -0.25) is 0 Å². The molecule has 1 aliphatic rings. The summed E-state index contributed by atoms with van der Waals surface area (Å²) in [7, 11) is 0. The monoisotopic (exact) mass is 467 g/mol. The average Bonchev–Trinajstić information content (AvgIpc) is 3.28. The molecule has 170 valence electrons. The van der Waals surface area contributed by atoms with Gasteiger partial charge in [0.15, 0.2) is 0 Å². The largest absolute Gasteiger partial charge is 0.387 e. The van der Waals surface area contributed by atoms with E-state index < -0.39 is 23.6 Å². The molecule has 0 amide bonds. The number of halogens is 2. The quantitative estimate of drug-likeness (QED) is 0.393. The van der Waals surface area contributed by atoms with E-state index in [1.165, 1.54) is 18.5 Å². The molecule has 3 heterocycles. The van der Waals surface area contributed by atoms with E-state index in [0.29, 0.717) is 40.5 Å². The predicted molar refractivity (Wildman–Crippen MR) is 125 cm³/mol. The Labute approximate surface area is 194 Å². The van der Waals surface area contributed by atoms with Gasteiger partial charge < -0.3 is 20.5 Å². The first-order chi connectivity index (χ1) is 15.7. The number of hydrogen-bond acceptors (Lipinski definition) is 6. The fourth-order valence-corrected chi connectivity index (χ4v) is 4.75. The Bertz CT molecular complexity index is 1430. The molecule has 0 saturated heterocycles. The molecule has 5 rings (SSSR count). The van der Waals surface area contributed by atoms with Crippen molar-refractivity contribution in [3.8, 4) is 0 Å². The van der Waals surface area contributed by atoms with Gasteiger partial charge in [0.25, 0.3) is 0 Å². The molecule has 0 fully saturated rings. The first-order valence-corrected chi connectivity index (χ1v) is 11.0. The lowest BCUT2D eigenvalue weighted by molar-refractivity contribution is -0.0393. The number of nitrogens with two attached hydrogens (primary N) is 1. The highest BCUT2D eigenvalue weighted by atomic mass is 35.5. The van der Waals surface area contributed by atoms with Gasteiger partial charge >= 0.3 is 0 Å². The van der Waals surface area contributed by atoms with Crippen LogP contribution in [0.2, 0.25) is 5.02 Å². The van der Waals surface area contributed by atoms with E-state index in [4.69, 9.17) is 17.3 Å². The minimum absolute atomic E-state index is 0.145. The maximum atomic E-state index is 14.6. The van der Waals surface area contributed by atoms with Crippen molar-refractivity contribution in [2.45, 2.75) is 44.4 Å². The average molecular weight is 468 g/mol. The van der Waals surface area contributed by atoms with Gasteiger partial charge in [-0.15, -0.1) is 0 Å². The maximum absolute atomic E-state index is 14.6. The van der Waals surface area contributed by atoms with E-state index in [0.717, 1.165) is 11.1 Å². The van der Waals surface area contributed by atoms with Crippen molar-refractivity contribution in [1.82, 2.24) is 19.5 Å². The lowest BCUT2D eigenvalue weighted by atomic mass is 9.90. The third-order valence-corrected chi connectivity index (χ3v) is 6.86. The van der Waals surface area contributed by atoms with Crippen LogP contribution in [0.25, 0.3) is 21.9 Å². The summed E-state index contributed by atoms with van der Waals surface area (Å²) in [6.07, 6.45) is 5.02. The van der Waals surface area contributed by atoms with Crippen LogP contribution in [0.3, 0.4) is 0 Å². The first kappa shape index (κ1) is 21.8. The number of nitrogen functional groups attached to an aromatic ring is 1. The second kappa shape index (κ2) is 7.76. The van der Waals surface area contributed by atoms with E-state index in [9.17, 15) is 14.6 Å². The molecule has 0 spiro atoms. The van der Waals surface area contributed by atoms with Crippen molar-refractivity contribution in [2.75, 3.05) is 5.73 Å². The second-order valence-electron chi connectivity index (χ2n) is 8.69. The summed E-state index contributed by atoms with van der Waals surface area (Å²) in [5, 5.41) is 23.5. The van der Waals surface area contributed by atoms with Gasteiger partial charge in [-0.05, 0) is 62.1 Å². The number of nitrogens with zero attached hydrogens (tertiary/aromatic N) is 4. The van der Waals surface area contributed by atoms with Crippen molar-refractivity contribution < 1.29 is 14.6 Å². The number of aromatic nitrogens is 4. The summed E-state index contributed by atoms with van der Waals surface area (Å²) < 4.78 is 16.5. The molecular weight excluding hydrogens is 445 g/mol. The number of fused-ring (bicyclic) bond motifs is 2. The van der Waals surface area contributed by atoms with Crippen LogP contribution < -0.4 is 5.73 Å². The van der Waals surface area contributed by atoms with Gasteiger partial charge in [0, 0.05) is 17.0 Å². The molecule has 4 N–H and O–H groups in total. The highest BCUT2D eigenvalue weighted by molar-refractivity contribution is 6.33. The molecule has 0 aliphatic heterocycles. The molecule has 0 bridgehead atoms. The minimum atomic E-state index is -1.44. The number of benzene rings is 1. The van der Waals surface area contributed by atoms with Gasteiger partial charge in [0.05, 0.1) is 22.3 Å². The van der Waals surface area contributed by atoms with Crippen molar-refractivity contribution >= 4 is 39.4 Å². The van der Waals surface area contributed by atoms with Crippen LogP contribution in [-0.4, -0.2) is 41.4 Å². The zero-order valence-electron chi connectivity index (χ0n) is 18.1. The smallest absolute Gasteiger partial charge is 0.144 e. The molecule has 0 radical (unpaired) electrons. The predicted octanol–water partition coefficient (Wildman–Crippen LogP) is 3.89. The third-order valence-electron chi connectivity index (χ3n) is 6.56. The topological polar surface area (TPSA) is 110 Å². The summed E-state index contributed by atoms with van der Waals surface area (Å²) in [6, 6.07) is 6.09. The SMILES string of the molecule is Cc1ncnc2c1ccn2C1C=C(CCc2cc(F)c3cc(Cl)c(N)nc3c2)C(C)(O)[C@@H]1O. The number of aryl methyl sites for hydroxylation is 2. The van der Waals surface area contributed by atoms with Gasteiger partial charge in [0.2, 0.25) is 0 Å². The molecule has 4 aromatic rings. The summed E-state index contributed by atoms with van der Waals surface area (Å²) in [6.45, 7) is 3.50. The lowest BCUT2D eigenvalue weighted by Gasteiger charge is -2.28. The molecular formula is C24H23ClFN5O2. The minimum Gasteiger partial charge on any atom is -0.387 e. The fraction of sp³-hybridized carbons (Fsp3) is 0.292. The molecule has 0 saturated carbocycles. The van der Waals surface area contributed by atoms with Gasteiger partial charge in [0.1, 0.15) is 35.3 Å². The normalized spacial score (nSPS) is 22.9. The summed E-state index contributed by atoms with van der Waals surface area (Å²) in [5.41, 5.74) is 7.68. The van der Waals surface area contributed by atoms with Crippen LogP contribution in [0.15, 0.2) is 48.4 Å². The van der Waals surface area contributed by atoms with E-state index in [-0.39, 0.29) is 10.8 Å². The Hall–Kier alpha value is -3.07. The number of aliphatic hydroxyl groups is 2. The molecule has 1 aromatic carbocycles. The van der Waals surface area contributed by atoms with E-state index in [1.807, 2.05) is 29.8 Å². The van der Waals surface area contributed by atoms with Crippen molar-refractivity contribution in [1.29, 1.82) is 0 Å². The zero-order valence-corrected chi connectivity index (χ0v) is 18.9. The number of aliphatic hydroxyl groups excluding tert-OH is 1. The van der Waals surface area contributed by atoms with Crippen LogP contribution in [-0.2, 0) is 6.42 Å². The number of anilines is 1. The highest BCUT2D eigenvalue weighted by Crippen LogP contribution is 2.41. The Morgan fingerprint density at radius 2 is 2.00 bits per heavy atom. The van der Waals surface area contributed by atoms with E-state index in [1.54, 1.807) is 13.0 Å². The summed E-state index contributed by atoms with van der Waals surface area (Å²) >= 11 is 5.97. The number of pyridine rings is 1. The third kappa shape index (κ3) is 3.55. The fourth-order valence-electron chi connectivity index (χ4n) is 4.60. The lowest BCUT2D eigenvalue weighted by Crippen LogP contribution is -2.40. The van der Waals surface area contributed by atoms with Crippen LogP contribution in [0.4, 0.5) is 10.2 Å². The maximum Gasteiger partial charge on any atom is 0.144 e. The number of rotatable bonds is 4. The van der Waals surface area contributed by atoms with Crippen LogP contribution in [0.5, 0.6) is 0 Å². The summed E-state index contributed by atoms with van der Waals surface area (Å²) in [4.78, 5) is 12.8.